The molecule has 1 heterocycles. The number of aryl methyl sites for hydroxylation is 1. The van der Waals surface area contributed by atoms with Gasteiger partial charge < -0.3 is 0 Å². The van der Waals surface area contributed by atoms with Crippen LogP contribution in [0.4, 0.5) is 0 Å². The number of aromatic nitrogens is 1. The van der Waals surface area contributed by atoms with Crippen LogP contribution in [-0.2, 0) is 0 Å². The number of rotatable bonds is 1. The standard InChI is InChI=1S/C8H5Cl2N3O/c1-4-5(8(14)12-3-11)2-6(9)7(10)13-4/h2H,1H3,(H,12,14). The van der Waals surface area contributed by atoms with E-state index in [9.17, 15) is 4.79 Å². The molecule has 0 fully saturated rings. The van der Waals surface area contributed by atoms with Crippen molar-refractivity contribution in [3.05, 3.63) is 27.5 Å². The second-order valence-corrected chi connectivity index (χ2v) is 3.23. The molecule has 1 N–H and O–H groups in total. The zero-order valence-corrected chi connectivity index (χ0v) is 8.65. The monoisotopic (exact) mass is 229 g/mol. The predicted octanol–water partition coefficient (Wildman–Crippen LogP) is 1.91. The van der Waals surface area contributed by atoms with E-state index in [1.807, 2.05) is 5.32 Å². The van der Waals surface area contributed by atoms with Gasteiger partial charge in [0.15, 0.2) is 6.19 Å². The molecule has 0 spiro atoms. The van der Waals surface area contributed by atoms with Crippen LogP contribution >= 0.6 is 23.2 Å². The van der Waals surface area contributed by atoms with Gasteiger partial charge in [-0.3, -0.25) is 10.1 Å². The quantitative estimate of drug-likeness (QED) is 0.455. The first-order chi connectivity index (χ1) is 6.56. The molecule has 0 aliphatic carbocycles. The van der Waals surface area contributed by atoms with Crippen molar-refractivity contribution in [2.75, 3.05) is 0 Å². The van der Waals surface area contributed by atoms with Gasteiger partial charge >= 0.3 is 0 Å². The van der Waals surface area contributed by atoms with Crippen molar-refractivity contribution >= 4 is 29.1 Å². The molecule has 72 valence electrons. The Bertz CT molecular complexity index is 425. The smallest absolute Gasteiger partial charge is 0.266 e. The Labute approximate surface area is 90.5 Å². The Morgan fingerprint density at radius 3 is 2.86 bits per heavy atom. The summed E-state index contributed by atoms with van der Waals surface area (Å²) >= 11 is 11.3. The molecular formula is C8H5Cl2N3O. The summed E-state index contributed by atoms with van der Waals surface area (Å²) in [6.07, 6.45) is 1.52. The highest BCUT2D eigenvalue weighted by atomic mass is 35.5. The van der Waals surface area contributed by atoms with Gasteiger partial charge in [-0.25, -0.2) is 4.98 Å². The van der Waals surface area contributed by atoms with E-state index in [0.29, 0.717) is 5.69 Å². The minimum absolute atomic E-state index is 0.137. The largest absolute Gasteiger partial charge is 0.268 e. The average molecular weight is 230 g/mol. The van der Waals surface area contributed by atoms with E-state index in [4.69, 9.17) is 28.5 Å². The van der Waals surface area contributed by atoms with Crippen molar-refractivity contribution in [2.24, 2.45) is 0 Å². The van der Waals surface area contributed by atoms with Gasteiger partial charge in [-0.1, -0.05) is 23.2 Å². The summed E-state index contributed by atoms with van der Waals surface area (Å²) in [7, 11) is 0. The van der Waals surface area contributed by atoms with E-state index in [-0.39, 0.29) is 15.7 Å². The van der Waals surface area contributed by atoms with Crippen molar-refractivity contribution in [1.82, 2.24) is 10.3 Å². The molecule has 0 aromatic carbocycles. The minimum atomic E-state index is -0.545. The van der Waals surface area contributed by atoms with Crippen molar-refractivity contribution in [2.45, 2.75) is 6.92 Å². The van der Waals surface area contributed by atoms with Crippen LogP contribution < -0.4 is 5.32 Å². The number of carbonyl (C=O) groups excluding carboxylic acids is 1. The lowest BCUT2D eigenvalue weighted by atomic mass is 10.2. The van der Waals surface area contributed by atoms with Crippen LogP contribution in [0.5, 0.6) is 0 Å². The number of halogens is 2. The molecule has 4 nitrogen and oxygen atoms in total. The lowest BCUT2D eigenvalue weighted by Crippen LogP contribution is -2.19. The predicted molar refractivity (Wildman–Crippen MR) is 52.1 cm³/mol. The fraction of sp³-hybridized carbons (Fsp3) is 0.125. The Morgan fingerprint density at radius 2 is 2.29 bits per heavy atom. The van der Waals surface area contributed by atoms with Crippen LogP contribution in [0.15, 0.2) is 6.07 Å². The molecule has 1 aromatic rings. The molecule has 14 heavy (non-hydrogen) atoms. The zero-order valence-electron chi connectivity index (χ0n) is 7.14. The number of nitriles is 1. The number of hydrogen-bond acceptors (Lipinski definition) is 3. The average Bonchev–Trinajstić information content (AvgIpc) is 2.11. The normalized spacial score (nSPS) is 9.29. The second kappa shape index (κ2) is 4.27. The second-order valence-electron chi connectivity index (χ2n) is 2.46. The third kappa shape index (κ3) is 2.13. The molecule has 0 bridgehead atoms. The van der Waals surface area contributed by atoms with E-state index in [2.05, 4.69) is 4.98 Å². The molecule has 1 amide bonds. The van der Waals surface area contributed by atoms with Crippen molar-refractivity contribution in [3.63, 3.8) is 0 Å². The van der Waals surface area contributed by atoms with Crippen LogP contribution in [0.1, 0.15) is 16.1 Å². The Morgan fingerprint density at radius 1 is 1.64 bits per heavy atom. The maximum Gasteiger partial charge on any atom is 0.266 e. The third-order valence-corrected chi connectivity index (χ3v) is 2.21. The summed E-state index contributed by atoms with van der Waals surface area (Å²) in [5, 5.41) is 10.5. The highest BCUT2D eigenvalue weighted by molar-refractivity contribution is 6.41. The molecule has 0 aliphatic rings. The Kier molecular flexibility index (Phi) is 3.28. The van der Waals surface area contributed by atoms with Gasteiger partial charge in [-0.15, -0.1) is 0 Å². The molecule has 0 radical (unpaired) electrons. The van der Waals surface area contributed by atoms with E-state index < -0.39 is 5.91 Å². The first-order valence-corrected chi connectivity index (χ1v) is 4.34. The van der Waals surface area contributed by atoms with Crippen LogP contribution in [0.3, 0.4) is 0 Å². The van der Waals surface area contributed by atoms with Gasteiger partial charge in [-0.2, -0.15) is 5.26 Å². The molecular weight excluding hydrogens is 225 g/mol. The first-order valence-electron chi connectivity index (χ1n) is 3.58. The number of amides is 1. The zero-order chi connectivity index (χ0) is 10.7. The van der Waals surface area contributed by atoms with Crippen molar-refractivity contribution in [1.29, 1.82) is 5.26 Å². The van der Waals surface area contributed by atoms with E-state index in [0.717, 1.165) is 0 Å². The minimum Gasteiger partial charge on any atom is -0.268 e. The fourth-order valence-electron chi connectivity index (χ4n) is 0.900. The topological polar surface area (TPSA) is 65.8 Å². The highest BCUT2D eigenvalue weighted by Gasteiger charge is 2.12. The highest BCUT2D eigenvalue weighted by Crippen LogP contribution is 2.22. The first kappa shape index (κ1) is 10.8. The Hall–Kier alpha value is -1.31. The van der Waals surface area contributed by atoms with Gasteiger partial charge in [0.25, 0.3) is 5.91 Å². The van der Waals surface area contributed by atoms with Gasteiger partial charge in [-0.05, 0) is 13.0 Å². The van der Waals surface area contributed by atoms with E-state index in [1.54, 1.807) is 6.92 Å². The van der Waals surface area contributed by atoms with Crippen molar-refractivity contribution in [3.8, 4) is 6.19 Å². The molecule has 0 aliphatic heterocycles. The van der Waals surface area contributed by atoms with E-state index in [1.165, 1.54) is 12.3 Å². The number of nitrogens with one attached hydrogen (secondary N) is 1. The van der Waals surface area contributed by atoms with E-state index >= 15 is 0 Å². The maximum absolute atomic E-state index is 11.3. The molecule has 0 saturated heterocycles. The van der Waals surface area contributed by atoms with Gasteiger partial charge in [0.1, 0.15) is 5.15 Å². The summed E-state index contributed by atoms with van der Waals surface area (Å²) in [5.74, 6) is -0.545. The third-order valence-electron chi connectivity index (χ3n) is 1.54. The summed E-state index contributed by atoms with van der Waals surface area (Å²) < 4.78 is 0. The van der Waals surface area contributed by atoms with Crippen molar-refractivity contribution < 1.29 is 4.79 Å². The van der Waals surface area contributed by atoms with Crippen LogP contribution in [0.2, 0.25) is 10.2 Å². The molecule has 0 unspecified atom stereocenters. The lowest BCUT2D eigenvalue weighted by molar-refractivity contribution is 0.0972. The van der Waals surface area contributed by atoms with Crippen LogP contribution in [-0.4, -0.2) is 10.9 Å². The molecule has 0 atom stereocenters. The van der Waals surface area contributed by atoms with Gasteiger partial charge in [0.2, 0.25) is 0 Å². The Balaban J connectivity index is 3.17. The molecule has 1 rings (SSSR count). The number of pyridine rings is 1. The van der Waals surface area contributed by atoms with Crippen LogP contribution in [0, 0.1) is 18.4 Å². The maximum atomic E-state index is 11.3. The lowest BCUT2D eigenvalue weighted by Gasteiger charge is -2.03. The summed E-state index contributed by atoms with van der Waals surface area (Å²) in [6.45, 7) is 1.61. The van der Waals surface area contributed by atoms with Crippen LogP contribution in [0.25, 0.3) is 0 Å². The summed E-state index contributed by atoms with van der Waals surface area (Å²) in [5.41, 5.74) is 0.660. The SMILES string of the molecule is Cc1nc(Cl)c(Cl)cc1C(=O)NC#N. The number of nitrogens with zero attached hydrogens (tertiary/aromatic N) is 2. The summed E-state index contributed by atoms with van der Waals surface area (Å²) in [4.78, 5) is 15.1. The number of hydrogen-bond donors (Lipinski definition) is 1. The molecule has 6 heteroatoms. The summed E-state index contributed by atoms with van der Waals surface area (Å²) in [6, 6.07) is 1.37. The number of carbonyl (C=O) groups is 1. The van der Waals surface area contributed by atoms with Gasteiger partial charge in [0, 0.05) is 0 Å². The fourth-order valence-corrected chi connectivity index (χ4v) is 1.23. The van der Waals surface area contributed by atoms with Gasteiger partial charge in [0.05, 0.1) is 16.3 Å². The molecule has 1 aromatic heterocycles. The molecule has 0 saturated carbocycles.